The molecule has 7 nitrogen and oxygen atoms in total. The molecule has 0 fully saturated rings. The van der Waals surface area contributed by atoms with Gasteiger partial charge in [-0.15, -0.1) is 0 Å². The number of unbranched alkanes of at least 4 members (excludes halogenated alkanes) is 18. The highest BCUT2D eigenvalue weighted by molar-refractivity contribution is 5.57. The molecule has 51 heavy (non-hydrogen) atoms. The van der Waals surface area contributed by atoms with Crippen molar-refractivity contribution in [1.82, 2.24) is 19.9 Å². The molecular formula is C44H62N4O3. The summed E-state index contributed by atoms with van der Waals surface area (Å²) < 4.78 is 17.8. The Morgan fingerprint density at radius 3 is 0.961 bits per heavy atom. The number of hydrogen-bond acceptors (Lipinski definition) is 7. The summed E-state index contributed by atoms with van der Waals surface area (Å²) in [5, 5.41) is 0. The number of nitrogens with zero attached hydrogens (tertiary/aromatic N) is 4. The van der Waals surface area contributed by atoms with Gasteiger partial charge in [0.15, 0.2) is 23.1 Å². The van der Waals surface area contributed by atoms with E-state index in [1.165, 1.54) is 116 Å². The lowest BCUT2D eigenvalue weighted by Crippen LogP contribution is -1.98. The monoisotopic (exact) mass is 694 g/mol. The van der Waals surface area contributed by atoms with E-state index in [0.717, 1.165) is 48.7 Å². The van der Waals surface area contributed by atoms with Crippen molar-refractivity contribution in [1.29, 1.82) is 0 Å². The zero-order valence-corrected chi connectivity index (χ0v) is 31.5. The molecule has 2 aromatic carbocycles. The van der Waals surface area contributed by atoms with Crippen molar-refractivity contribution in [2.45, 2.75) is 142 Å². The lowest BCUT2D eigenvalue weighted by molar-refractivity contribution is 0.304. The zero-order chi connectivity index (χ0) is 35.6. The molecule has 0 bridgehead atoms. The van der Waals surface area contributed by atoms with Crippen molar-refractivity contribution < 1.29 is 14.2 Å². The SMILES string of the molecule is CCCCCCCCCCCCOc1ccc(-c2ncc(Oc3cnc(-c4ccc(OCCCCCCCCCCCC)cc4)nc3)cn2)cc1. The predicted molar refractivity (Wildman–Crippen MR) is 210 cm³/mol. The molecule has 276 valence electrons. The molecule has 0 spiro atoms. The van der Waals surface area contributed by atoms with Crippen molar-refractivity contribution >= 4 is 0 Å². The zero-order valence-electron chi connectivity index (χ0n) is 31.5. The molecule has 0 aliphatic rings. The van der Waals surface area contributed by atoms with Gasteiger partial charge < -0.3 is 14.2 Å². The average Bonchev–Trinajstić information content (AvgIpc) is 3.17. The number of aromatic nitrogens is 4. The van der Waals surface area contributed by atoms with Gasteiger partial charge in [-0.1, -0.05) is 129 Å². The first-order chi connectivity index (χ1) is 25.2. The van der Waals surface area contributed by atoms with Crippen molar-refractivity contribution in [2.75, 3.05) is 13.2 Å². The topological polar surface area (TPSA) is 79.2 Å². The van der Waals surface area contributed by atoms with Crippen molar-refractivity contribution in [3.63, 3.8) is 0 Å². The molecule has 0 amide bonds. The minimum absolute atomic E-state index is 0.524. The van der Waals surface area contributed by atoms with Gasteiger partial charge in [-0.05, 0) is 61.4 Å². The van der Waals surface area contributed by atoms with E-state index in [4.69, 9.17) is 14.2 Å². The minimum atomic E-state index is 0.524. The molecule has 0 atom stereocenters. The van der Waals surface area contributed by atoms with E-state index in [1.807, 2.05) is 48.5 Å². The lowest BCUT2D eigenvalue weighted by atomic mass is 10.1. The van der Waals surface area contributed by atoms with Crippen LogP contribution in [0.3, 0.4) is 0 Å². The second-order valence-electron chi connectivity index (χ2n) is 13.7. The fraction of sp³-hybridized carbons (Fsp3) is 0.545. The van der Waals surface area contributed by atoms with Crippen LogP contribution >= 0.6 is 0 Å². The summed E-state index contributed by atoms with van der Waals surface area (Å²) in [5.41, 5.74) is 1.85. The molecule has 0 unspecified atom stereocenters. The van der Waals surface area contributed by atoms with E-state index in [2.05, 4.69) is 33.8 Å². The minimum Gasteiger partial charge on any atom is -0.494 e. The summed E-state index contributed by atoms with van der Waals surface area (Å²) in [5.74, 6) is 4.06. The first-order valence-corrected chi connectivity index (χ1v) is 20.0. The molecule has 4 rings (SSSR count). The van der Waals surface area contributed by atoms with Crippen LogP contribution in [0, 0.1) is 0 Å². The molecule has 0 aliphatic heterocycles. The fourth-order valence-electron chi connectivity index (χ4n) is 6.13. The normalized spacial score (nSPS) is 11.1. The Bertz CT molecular complexity index is 1320. The summed E-state index contributed by atoms with van der Waals surface area (Å²) in [6.45, 7) is 6.05. The summed E-state index contributed by atoms with van der Waals surface area (Å²) in [6, 6.07) is 15.9. The Morgan fingerprint density at radius 1 is 0.353 bits per heavy atom. The maximum absolute atomic E-state index is 5.96. The number of rotatable bonds is 28. The van der Waals surface area contributed by atoms with Gasteiger partial charge in [0.05, 0.1) is 38.0 Å². The third kappa shape index (κ3) is 16.3. The highest BCUT2D eigenvalue weighted by atomic mass is 16.5. The van der Waals surface area contributed by atoms with Gasteiger partial charge in [0.2, 0.25) is 0 Å². The molecule has 0 N–H and O–H groups in total. The van der Waals surface area contributed by atoms with Crippen LogP contribution in [0.5, 0.6) is 23.0 Å². The quantitative estimate of drug-likeness (QED) is 0.0547. The van der Waals surface area contributed by atoms with Crippen LogP contribution in [0.25, 0.3) is 22.8 Å². The highest BCUT2D eigenvalue weighted by Gasteiger charge is 2.07. The van der Waals surface area contributed by atoms with E-state index in [9.17, 15) is 0 Å². The van der Waals surface area contributed by atoms with Crippen molar-refractivity contribution in [3.05, 3.63) is 73.3 Å². The van der Waals surface area contributed by atoms with E-state index in [1.54, 1.807) is 24.8 Å². The van der Waals surface area contributed by atoms with Crippen LogP contribution in [0.15, 0.2) is 73.3 Å². The number of hydrogen-bond donors (Lipinski definition) is 0. The second-order valence-corrected chi connectivity index (χ2v) is 13.7. The van der Waals surface area contributed by atoms with Crippen molar-refractivity contribution in [2.24, 2.45) is 0 Å². The van der Waals surface area contributed by atoms with E-state index in [-0.39, 0.29) is 0 Å². The lowest BCUT2D eigenvalue weighted by Gasteiger charge is -2.08. The van der Waals surface area contributed by atoms with Crippen LogP contribution in [0.1, 0.15) is 142 Å². The fourth-order valence-corrected chi connectivity index (χ4v) is 6.13. The summed E-state index contributed by atoms with van der Waals surface area (Å²) >= 11 is 0. The first-order valence-electron chi connectivity index (χ1n) is 20.0. The Labute approximate surface area is 308 Å². The summed E-state index contributed by atoms with van der Waals surface area (Å²) in [7, 11) is 0. The van der Waals surface area contributed by atoms with Crippen LogP contribution in [-0.2, 0) is 0 Å². The van der Waals surface area contributed by atoms with Crippen molar-refractivity contribution in [3.8, 4) is 45.8 Å². The van der Waals surface area contributed by atoms with E-state index < -0.39 is 0 Å². The molecule has 7 heteroatoms. The van der Waals surface area contributed by atoms with E-state index >= 15 is 0 Å². The third-order valence-electron chi connectivity index (χ3n) is 9.25. The molecule has 0 radical (unpaired) electrons. The van der Waals surface area contributed by atoms with Gasteiger partial charge in [0.1, 0.15) is 11.5 Å². The second kappa shape index (κ2) is 25.0. The molecule has 2 heterocycles. The van der Waals surface area contributed by atoms with Gasteiger partial charge in [-0.2, -0.15) is 0 Å². The largest absolute Gasteiger partial charge is 0.494 e. The van der Waals surface area contributed by atoms with Crippen LogP contribution in [0.4, 0.5) is 0 Å². The van der Waals surface area contributed by atoms with Gasteiger partial charge >= 0.3 is 0 Å². The van der Waals surface area contributed by atoms with Gasteiger partial charge in [0, 0.05) is 11.1 Å². The Morgan fingerprint density at radius 2 is 0.647 bits per heavy atom. The molecule has 0 saturated carbocycles. The maximum atomic E-state index is 5.96. The van der Waals surface area contributed by atoms with Gasteiger partial charge in [0.25, 0.3) is 0 Å². The van der Waals surface area contributed by atoms with E-state index in [0.29, 0.717) is 23.1 Å². The summed E-state index contributed by atoms with van der Waals surface area (Å²) in [4.78, 5) is 18.0. The Hall–Kier alpha value is -4.00. The van der Waals surface area contributed by atoms with Gasteiger partial charge in [-0.3, -0.25) is 0 Å². The molecule has 2 aromatic heterocycles. The molecule has 0 saturated heterocycles. The smallest absolute Gasteiger partial charge is 0.164 e. The number of ether oxygens (including phenoxy) is 3. The average molecular weight is 695 g/mol. The summed E-state index contributed by atoms with van der Waals surface area (Å²) in [6.07, 6.45) is 33.1. The van der Waals surface area contributed by atoms with Crippen LogP contribution in [-0.4, -0.2) is 33.1 Å². The molecule has 4 aromatic rings. The molecule has 0 aliphatic carbocycles. The Kier molecular flexibility index (Phi) is 19.5. The number of benzene rings is 2. The first kappa shape index (κ1) is 39.8. The Balaban J connectivity index is 1.09. The molecular weight excluding hydrogens is 633 g/mol. The highest BCUT2D eigenvalue weighted by Crippen LogP contribution is 2.25. The van der Waals surface area contributed by atoms with Crippen LogP contribution < -0.4 is 14.2 Å². The maximum Gasteiger partial charge on any atom is 0.164 e. The standard InChI is InChI=1S/C44H62N4O3/c1-3-5-7-9-11-13-15-17-19-21-31-49-39-27-23-37(24-28-39)43-45-33-41(34-46-43)51-42-35-47-44(48-36-42)38-25-29-40(30-26-38)50-32-22-20-18-16-14-12-10-8-6-4-2/h23-30,33-36H,3-22,31-32H2,1-2H3. The third-order valence-corrected chi connectivity index (χ3v) is 9.25. The van der Waals surface area contributed by atoms with Gasteiger partial charge in [-0.25, -0.2) is 19.9 Å². The van der Waals surface area contributed by atoms with Crippen LogP contribution in [0.2, 0.25) is 0 Å². The predicted octanol–water partition coefficient (Wildman–Crippen LogP) is 13.0.